The first kappa shape index (κ1) is 13.0. The van der Waals surface area contributed by atoms with Gasteiger partial charge in [0.1, 0.15) is 5.02 Å². The molecule has 0 aliphatic heterocycles. The average Bonchev–Trinajstić information content (AvgIpc) is 2.24. The molecule has 1 unspecified atom stereocenters. The zero-order valence-corrected chi connectivity index (χ0v) is 10.5. The molecule has 1 rings (SSSR count). The highest BCUT2D eigenvalue weighted by Crippen LogP contribution is 2.16. The molecule has 0 saturated carbocycles. The van der Waals surface area contributed by atoms with Gasteiger partial charge in [-0.15, -0.1) is 0 Å². The summed E-state index contributed by atoms with van der Waals surface area (Å²) in [5, 5.41) is 7.23. The Morgan fingerprint density at radius 3 is 2.69 bits per heavy atom. The summed E-state index contributed by atoms with van der Waals surface area (Å²) in [6.45, 7) is 6.12. The lowest BCUT2D eigenvalue weighted by Gasteiger charge is -2.15. The van der Waals surface area contributed by atoms with E-state index in [1.165, 1.54) is 4.68 Å². The topological polar surface area (TPSA) is 72.9 Å². The van der Waals surface area contributed by atoms with E-state index in [4.69, 9.17) is 17.3 Å². The van der Waals surface area contributed by atoms with Crippen molar-refractivity contribution < 1.29 is 0 Å². The Kier molecular flexibility index (Phi) is 4.32. The SMILES string of the molecule is CC(CN)Nc1cnn(C(C)C)c(=O)c1Cl. The summed E-state index contributed by atoms with van der Waals surface area (Å²) in [7, 11) is 0. The first-order valence-corrected chi connectivity index (χ1v) is 5.59. The van der Waals surface area contributed by atoms with Crippen molar-refractivity contribution >= 4 is 17.3 Å². The van der Waals surface area contributed by atoms with Crippen molar-refractivity contribution in [1.82, 2.24) is 9.78 Å². The van der Waals surface area contributed by atoms with Crippen molar-refractivity contribution in [3.63, 3.8) is 0 Å². The number of hydrogen-bond acceptors (Lipinski definition) is 4. The fourth-order valence-corrected chi connectivity index (χ4v) is 1.43. The molecule has 1 heterocycles. The van der Waals surface area contributed by atoms with Crippen LogP contribution in [0.15, 0.2) is 11.0 Å². The summed E-state index contributed by atoms with van der Waals surface area (Å²) in [6.07, 6.45) is 1.55. The van der Waals surface area contributed by atoms with Gasteiger partial charge in [-0.1, -0.05) is 11.6 Å². The van der Waals surface area contributed by atoms with Gasteiger partial charge in [-0.25, -0.2) is 4.68 Å². The monoisotopic (exact) mass is 244 g/mol. The highest BCUT2D eigenvalue weighted by Gasteiger charge is 2.12. The van der Waals surface area contributed by atoms with Gasteiger partial charge in [0.2, 0.25) is 0 Å². The van der Waals surface area contributed by atoms with Crippen LogP contribution in [0.1, 0.15) is 26.8 Å². The quantitative estimate of drug-likeness (QED) is 0.836. The number of hydrogen-bond donors (Lipinski definition) is 2. The third-order valence-electron chi connectivity index (χ3n) is 2.19. The summed E-state index contributed by atoms with van der Waals surface area (Å²) in [4.78, 5) is 11.8. The molecular formula is C10H17ClN4O. The summed E-state index contributed by atoms with van der Waals surface area (Å²) >= 11 is 5.97. The van der Waals surface area contributed by atoms with Crippen LogP contribution >= 0.6 is 11.6 Å². The molecule has 1 aromatic rings. The zero-order valence-electron chi connectivity index (χ0n) is 9.70. The minimum Gasteiger partial charge on any atom is -0.379 e. The van der Waals surface area contributed by atoms with Crippen molar-refractivity contribution in [3.05, 3.63) is 21.6 Å². The van der Waals surface area contributed by atoms with Gasteiger partial charge in [-0.2, -0.15) is 5.10 Å². The van der Waals surface area contributed by atoms with Gasteiger partial charge in [0.25, 0.3) is 5.56 Å². The van der Waals surface area contributed by atoms with E-state index in [1.807, 2.05) is 20.8 Å². The van der Waals surface area contributed by atoms with E-state index in [0.29, 0.717) is 12.2 Å². The maximum Gasteiger partial charge on any atom is 0.287 e. The lowest BCUT2D eigenvalue weighted by Crippen LogP contribution is -2.29. The summed E-state index contributed by atoms with van der Waals surface area (Å²) < 4.78 is 1.35. The van der Waals surface area contributed by atoms with E-state index in [0.717, 1.165) is 0 Å². The molecule has 0 bridgehead atoms. The van der Waals surface area contributed by atoms with E-state index in [1.54, 1.807) is 6.20 Å². The fourth-order valence-electron chi connectivity index (χ4n) is 1.24. The molecule has 0 aromatic carbocycles. The van der Waals surface area contributed by atoms with Gasteiger partial charge in [0.05, 0.1) is 17.9 Å². The molecule has 90 valence electrons. The molecule has 1 atom stereocenters. The van der Waals surface area contributed by atoms with Crippen LogP contribution in [0.4, 0.5) is 5.69 Å². The maximum atomic E-state index is 11.8. The number of halogens is 1. The average molecular weight is 245 g/mol. The smallest absolute Gasteiger partial charge is 0.287 e. The van der Waals surface area contributed by atoms with Crippen LogP contribution in [0.3, 0.4) is 0 Å². The van der Waals surface area contributed by atoms with Crippen LogP contribution in [0.2, 0.25) is 5.02 Å². The van der Waals surface area contributed by atoms with E-state index < -0.39 is 0 Å². The molecule has 5 nitrogen and oxygen atoms in total. The van der Waals surface area contributed by atoms with Gasteiger partial charge < -0.3 is 11.1 Å². The number of nitrogens with one attached hydrogen (secondary N) is 1. The number of nitrogens with two attached hydrogens (primary N) is 1. The highest BCUT2D eigenvalue weighted by atomic mass is 35.5. The Bertz CT molecular complexity index is 416. The minimum absolute atomic E-state index is 0.00835. The molecular weight excluding hydrogens is 228 g/mol. The van der Waals surface area contributed by atoms with E-state index in [9.17, 15) is 4.79 Å². The molecule has 0 amide bonds. The molecule has 0 saturated heterocycles. The first-order chi connectivity index (χ1) is 7.47. The molecule has 3 N–H and O–H groups in total. The van der Waals surface area contributed by atoms with Crippen molar-refractivity contribution in [3.8, 4) is 0 Å². The Morgan fingerprint density at radius 2 is 2.19 bits per heavy atom. The number of rotatable bonds is 4. The van der Waals surface area contributed by atoms with Crippen LogP contribution in [0.5, 0.6) is 0 Å². The van der Waals surface area contributed by atoms with Gasteiger partial charge in [0, 0.05) is 12.6 Å². The molecule has 0 spiro atoms. The number of anilines is 1. The Hall–Kier alpha value is -1.07. The van der Waals surface area contributed by atoms with Gasteiger partial charge in [0.15, 0.2) is 0 Å². The van der Waals surface area contributed by atoms with Crippen LogP contribution in [0, 0.1) is 0 Å². The second-order valence-electron chi connectivity index (χ2n) is 4.00. The highest BCUT2D eigenvalue weighted by molar-refractivity contribution is 6.32. The van der Waals surface area contributed by atoms with Crippen molar-refractivity contribution in [1.29, 1.82) is 0 Å². The van der Waals surface area contributed by atoms with Gasteiger partial charge >= 0.3 is 0 Å². The summed E-state index contributed by atoms with van der Waals surface area (Å²) in [5.74, 6) is 0. The molecule has 1 aromatic heterocycles. The zero-order chi connectivity index (χ0) is 12.3. The second kappa shape index (κ2) is 5.32. The van der Waals surface area contributed by atoms with Crippen LogP contribution in [-0.2, 0) is 0 Å². The van der Waals surface area contributed by atoms with Crippen LogP contribution < -0.4 is 16.6 Å². The summed E-state index contributed by atoms with van der Waals surface area (Å²) in [5.41, 5.74) is 5.72. The normalized spacial score (nSPS) is 12.9. The third-order valence-corrected chi connectivity index (χ3v) is 2.55. The van der Waals surface area contributed by atoms with E-state index >= 15 is 0 Å². The lowest BCUT2D eigenvalue weighted by molar-refractivity contribution is 0.503. The molecule has 0 radical (unpaired) electrons. The van der Waals surface area contributed by atoms with Gasteiger partial charge in [-0.3, -0.25) is 4.79 Å². The molecule has 6 heteroatoms. The maximum absolute atomic E-state index is 11.8. The molecule has 0 fully saturated rings. The third kappa shape index (κ3) is 2.74. The van der Waals surface area contributed by atoms with Crippen LogP contribution in [0.25, 0.3) is 0 Å². The molecule has 0 aliphatic carbocycles. The molecule has 0 aliphatic rings. The standard InChI is InChI=1S/C10H17ClN4O/c1-6(2)15-10(16)9(11)8(5-13-15)14-7(3)4-12/h5-7,14H,4,12H2,1-3H3. The van der Waals surface area contributed by atoms with E-state index in [2.05, 4.69) is 10.4 Å². The van der Waals surface area contributed by atoms with E-state index in [-0.39, 0.29) is 22.7 Å². The predicted octanol–water partition coefficient (Wildman–Crippen LogP) is 1.24. The van der Waals surface area contributed by atoms with Gasteiger partial charge in [-0.05, 0) is 20.8 Å². The number of nitrogens with zero attached hydrogens (tertiary/aromatic N) is 2. The predicted molar refractivity (Wildman–Crippen MR) is 66.0 cm³/mol. The van der Waals surface area contributed by atoms with Crippen molar-refractivity contribution in [2.45, 2.75) is 32.9 Å². The lowest BCUT2D eigenvalue weighted by atomic mass is 10.3. The van der Waals surface area contributed by atoms with Crippen molar-refractivity contribution in [2.75, 3.05) is 11.9 Å². The Labute approximate surface area is 99.6 Å². The number of aromatic nitrogens is 2. The largest absolute Gasteiger partial charge is 0.379 e. The molecule has 16 heavy (non-hydrogen) atoms. The second-order valence-corrected chi connectivity index (χ2v) is 4.37. The van der Waals surface area contributed by atoms with Crippen molar-refractivity contribution in [2.24, 2.45) is 5.73 Å². The Morgan fingerprint density at radius 1 is 1.56 bits per heavy atom. The first-order valence-electron chi connectivity index (χ1n) is 5.21. The van der Waals surface area contributed by atoms with Crippen LogP contribution in [-0.4, -0.2) is 22.4 Å². The summed E-state index contributed by atoms with van der Waals surface area (Å²) in [6, 6.07) is 0.0413. The fraction of sp³-hybridized carbons (Fsp3) is 0.600. The minimum atomic E-state index is -0.286. The Balaban J connectivity index is 3.07.